The maximum Gasteiger partial charge on any atom is 0.354 e. The van der Waals surface area contributed by atoms with Gasteiger partial charge in [0.2, 0.25) is 0 Å². The fourth-order valence-corrected chi connectivity index (χ4v) is 2.81. The molecule has 0 bridgehead atoms. The van der Waals surface area contributed by atoms with Crippen LogP contribution in [0.1, 0.15) is 35.9 Å². The van der Waals surface area contributed by atoms with Crippen molar-refractivity contribution in [1.82, 2.24) is 4.57 Å². The number of nitriles is 2. The smallest absolute Gasteiger partial charge is 0.354 e. The number of carbonyl (C=O) groups is 1. The number of hydrogen-bond donors (Lipinski definition) is 0. The monoisotopic (exact) mass is 363 g/mol. The zero-order chi connectivity index (χ0) is 20.0. The molecule has 1 heterocycles. The molecule has 0 N–H and O–H groups in total. The van der Waals surface area contributed by atoms with E-state index in [1.54, 1.807) is 0 Å². The predicted molar refractivity (Wildman–Crippen MR) is 101 cm³/mol. The van der Waals surface area contributed by atoms with Gasteiger partial charge in [0.15, 0.2) is 11.5 Å². The molecule has 0 saturated carbocycles. The Bertz CT molecular complexity index is 972. The van der Waals surface area contributed by atoms with E-state index in [1.165, 1.54) is 31.4 Å². The van der Waals surface area contributed by atoms with Gasteiger partial charge in [0.05, 0.1) is 18.7 Å². The van der Waals surface area contributed by atoms with Crippen LogP contribution in [0.15, 0.2) is 29.8 Å². The number of aryl methyl sites for hydroxylation is 1. The van der Waals surface area contributed by atoms with Crippen molar-refractivity contribution in [1.29, 1.82) is 10.5 Å². The van der Waals surface area contributed by atoms with Crippen LogP contribution in [0.25, 0.3) is 6.08 Å². The second-order valence-corrected chi connectivity index (χ2v) is 6.01. The first-order valence-corrected chi connectivity index (χ1v) is 8.54. The number of hydrogen-bond acceptors (Lipinski definition) is 5. The van der Waals surface area contributed by atoms with Crippen molar-refractivity contribution in [2.24, 2.45) is 0 Å². The Kier molecular flexibility index (Phi) is 6.41. The SMILES string of the molecule is CCCn1c(C)cc(/C=C(/C#N)C(=O)Oc2ccc(C#N)cc2OC)c1C. The number of esters is 1. The molecule has 138 valence electrons. The summed E-state index contributed by atoms with van der Waals surface area (Å²) in [5.41, 5.74) is 3.14. The van der Waals surface area contributed by atoms with Crippen molar-refractivity contribution in [2.75, 3.05) is 7.11 Å². The largest absolute Gasteiger partial charge is 0.493 e. The van der Waals surface area contributed by atoms with Crippen molar-refractivity contribution >= 4 is 12.0 Å². The summed E-state index contributed by atoms with van der Waals surface area (Å²) in [5.74, 6) is -0.374. The average molecular weight is 363 g/mol. The molecule has 2 aromatic rings. The maximum atomic E-state index is 12.5. The third-order valence-corrected chi connectivity index (χ3v) is 4.20. The fourth-order valence-electron chi connectivity index (χ4n) is 2.81. The van der Waals surface area contributed by atoms with Crippen LogP contribution in [-0.4, -0.2) is 17.6 Å². The molecule has 6 nitrogen and oxygen atoms in total. The minimum atomic E-state index is -0.777. The minimum absolute atomic E-state index is 0.113. The lowest BCUT2D eigenvalue weighted by Gasteiger charge is -2.09. The number of rotatable bonds is 6. The van der Waals surface area contributed by atoms with Gasteiger partial charge in [0, 0.05) is 24.0 Å². The molecule has 1 aromatic carbocycles. The van der Waals surface area contributed by atoms with E-state index in [2.05, 4.69) is 11.5 Å². The van der Waals surface area contributed by atoms with Crippen LogP contribution < -0.4 is 9.47 Å². The molecule has 6 heteroatoms. The number of methoxy groups -OCH3 is 1. The van der Waals surface area contributed by atoms with Crippen molar-refractivity contribution in [3.63, 3.8) is 0 Å². The molecule has 0 aliphatic carbocycles. The molecule has 0 atom stereocenters. The Morgan fingerprint density at radius 1 is 1.22 bits per heavy atom. The lowest BCUT2D eigenvalue weighted by atomic mass is 10.1. The van der Waals surface area contributed by atoms with Crippen molar-refractivity contribution in [3.05, 3.63) is 52.4 Å². The standard InChI is InChI=1S/C21H21N3O3/c1-5-8-24-14(2)9-17(15(24)3)11-18(13-23)21(25)27-19-7-6-16(12-22)10-20(19)26-4/h6-7,9-11H,5,8H2,1-4H3/b18-11-. The molecule has 0 amide bonds. The molecule has 0 fully saturated rings. The second-order valence-electron chi connectivity index (χ2n) is 6.01. The van der Waals surface area contributed by atoms with Crippen LogP contribution >= 0.6 is 0 Å². The van der Waals surface area contributed by atoms with E-state index in [9.17, 15) is 10.1 Å². The third kappa shape index (κ3) is 4.37. The zero-order valence-corrected chi connectivity index (χ0v) is 15.9. The van der Waals surface area contributed by atoms with Gasteiger partial charge in [-0.05, 0) is 50.1 Å². The molecular formula is C21H21N3O3. The Morgan fingerprint density at radius 2 is 1.96 bits per heavy atom. The summed E-state index contributed by atoms with van der Waals surface area (Å²) in [4.78, 5) is 12.5. The van der Waals surface area contributed by atoms with E-state index in [0.717, 1.165) is 29.9 Å². The predicted octanol–water partition coefficient (Wildman–Crippen LogP) is 3.91. The highest BCUT2D eigenvalue weighted by Crippen LogP contribution is 2.29. The van der Waals surface area contributed by atoms with Gasteiger partial charge < -0.3 is 14.0 Å². The lowest BCUT2D eigenvalue weighted by molar-refractivity contribution is -0.129. The summed E-state index contributed by atoms with van der Waals surface area (Å²) in [6, 6.07) is 10.3. The van der Waals surface area contributed by atoms with Gasteiger partial charge in [-0.2, -0.15) is 10.5 Å². The second kappa shape index (κ2) is 8.73. The van der Waals surface area contributed by atoms with Gasteiger partial charge in [-0.1, -0.05) is 6.92 Å². The highest BCUT2D eigenvalue weighted by Gasteiger charge is 2.17. The summed E-state index contributed by atoms with van der Waals surface area (Å²) < 4.78 is 12.6. The Hall–Kier alpha value is -3.51. The van der Waals surface area contributed by atoms with Crippen molar-refractivity contribution in [3.8, 4) is 23.6 Å². The van der Waals surface area contributed by atoms with E-state index in [1.807, 2.05) is 32.1 Å². The lowest BCUT2D eigenvalue weighted by Crippen LogP contribution is -2.11. The summed E-state index contributed by atoms with van der Waals surface area (Å²) in [5, 5.41) is 18.4. The molecule has 0 aliphatic heterocycles. The quantitative estimate of drug-likeness (QED) is 0.336. The first-order valence-electron chi connectivity index (χ1n) is 8.54. The Balaban J connectivity index is 2.32. The first-order chi connectivity index (χ1) is 12.9. The molecule has 0 unspecified atom stereocenters. The molecular weight excluding hydrogens is 342 g/mol. The molecule has 2 rings (SSSR count). The summed E-state index contributed by atoms with van der Waals surface area (Å²) >= 11 is 0. The normalized spacial score (nSPS) is 10.8. The van der Waals surface area contributed by atoms with E-state index in [-0.39, 0.29) is 17.1 Å². The van der Waals surface area contributed by atoms with Gasteiger partial charge in [-0.15, -0.1) is 0 Å². The third-order valence-electron chi connectivity index (χ3n) is 4.20. The molecule has 0 radical (unpaired) electrons. The van der Waals surface area contributed by atoms with Gasteiger partial charge in [-0.3, -0.25) is 0 Å². The molecule has 0 saturated heterocycles. The zero-order valence-electron chi connectivity index (χ0n) is 15.9. The van der Waals surface area contributed by atoms with Crippen LogP contribution in [0.2, 0.25) is 0 Å². The highest BCUT2D eigenvalue weighted by molar-refractivity contribution is 5.99. The van der Waals surface area contributed by atoms with Crippen LogP contribution in [0.5, 0.6) is 11.5 Å². The topological polar surface area (TPSA) is 88.0 Å². The van der Waals surface area contributed by atoms with Crippen molar-refractivity contribution in [2.45, 2.75) is 33.7 Å². The molecule has 1 aromatic heterocycles. The molecule has 0 spiro atoms. The van der Waals surface area contributed by atoms with Gasteiger partial charge in [0.25, 0.3) is 0 Å². The van der Waals surface area contributed by atoms with Gasteiger partial charge in [-0.25, -0.2) is 4.79 Å². The summed E-state index contributed by atoms with van der Waals surface area (Å²) in [6.45, 7) is 6.92. The van der Waals surface area contributed by atoms with E-state index in [0.29, 0.717) is 5.56 Å². The Morgan fingerprint density at radius 3 is 2.56 bits per heavy atom. The number of aromatic nitrogens is 1. The number of carbonyl (C=O) groups excluding carboxylic acids is 1. The van der Waals surface area contributed by atoms with E-state index in [4.69, 9.17) is 14.7 Å². The van der Waals surface area contributed by atoms with Crippen LogP contribution in [0.4, 0.5) is 0 Å². The minimum Gasteiger partial charge on any atom is -0.493 e. The Labute approximate surface area is 158 Å². The molecule has 0 aliphatic rings. The average Bonchev–Trinajstić information content (AvgIpc) is 2.93. The summed E-state index contributed by atoms with van der Waals surface area (Å²) in [6.07, 6.45) is 2.53. The van der Waals surface area contributed by atoms with E-state index >= 15 is 0 Å². The number of benzene rings is 1. The number of nitrogens with zero attached hydrogens (tertiary/aromatic N) is 3. The number of ether oxygens (including phenoxy) is 2. The fraction of sp³-hybridized carbons (Fsp3) is 0.286. The highest BCUT2D eigenvalue weighted by atomic mass is 16.6. The maximum absolute atomic E-state index is 12.5. The van der Waals surface area contributed by atoms with Gasteiger partial charge >= 0.3 is 5.97 Å². The van der Waals surface area contributed by atoms with Crippen LogP contribution in [0, 0.1) is 36.5 Å². The van der Waals surface area contributed by atoms with Crippen LogP contribution in [-0.2, 0) is 11.3 Å². The molecule has 27 heavy (non-hydrogen) atoms. The van der Waals surface area contributed by atoms with Gasteiger partial charge in [0.1, 0.15) is 11.6 Å². The van der Waals surface area contributed by atoms with Crippen molar-refractivity contribution < 1.29 is 14.3 Å². The van der Waals surface area contributed by atoms with E-state index < -0.39 is 5.97 Å². The summed E-state index contributed by atoms with van der Waals surface area (Å²) in [7, 11) is 1.41. The van der Waals surface area contributed by atoms with Crippen LogP contribution in [0.3, 0.4) is 0 Å². The first kappa shape index (κ1) is 19.8.